The molecule has 0 radical (unpaired) electrons. The van der Waals surface area contributed by atoms with Crippen LogP contribution in [-0.2, 0) is 9.53 Å². The number of allylic oxidation sites excluding steroid dienone is 1. The highest BCUT2D eigenvalue weighted by Crippen LogP contribution is 2.00. The molecule has 0 saturated heterocycles. The van der Waals surface area contributed by atoms with Crippen molar-refractivity contribution in [1.29, 1.82) is 0 Å². The van der Waals surface area contributed by atoms with Crippen LogP contribution in [0.3, 0.4) is 0 Å². The third kappa shape index (κ3) is 3.30. The summed E-state index contributed by atoms with van der Waals surface area (Å²) in [4.78, 5) is 28.6. The van der Waals surface area contributed by atoms with Crippen LogP contribution < -0.4 is 0 Å². The summed E-state index contributed by atoms with van der Waals surface area (Å²) in [6.07, 6.45) is 7.50. The van der Waals surface area contributed by atoms with Gasteiger partial charge in [0.05, 0.1) is 7.11 Å². The molecule has 0 saturated carbocycles. The minimum atomic E-state index is -0.571. The fourth-order valence-corrected chi connectivity index (χ4v) is 0.880. The SMILES string of the molecule is COC(=O)c1ncc(C=CCC=O)cn1. The Morgan fingerprint density at radius 2 is 2.13 bits per heavy atom. The molecule has 5 heteroatoms. The number of aldehydes is 1. The van der Waals surface area contributed by atoms with Gasteiger partial charge in [-0.25, -0.2) is 14.8 Å². The number of nitrogens with zero attached hydrogens (tertiary/aromatic N) is 2. The molecule has 1 rings (SSSR count). The Morgan fingerprint density at radius 1 is 1.47 bits per heavy atom. The number of aromatic nitrogens is 2. The number of carbonyl (C=O) groups is 2. The summed E-state index contributed by atoms with van der Waals surface area (Å²) in [7, 11) is 1.27. The number of hydrogen-bond donors (Lipinski definition) is 0. The van der Waals surface area contributed by atoms with Crippen molar-refractivity contribution in [3.63, 3.8) is 0 Å². The molecule has 0 N–H and O–H groups in total. The van der Waals surface area contributed by atoms with Crippen molar-refractivity contribution < 1.29 is 14.3 Å². The summed E-state index contributed by atoms with van der Waals surface area (Å²) in [6, 6.07) is 0. The molecule has 15 heavy (non-hydrogen) atoms. The summed E-state index contributed by atoms with van der Waals surface area (Å²) in [5.74, 6) is -0.552. The third-order valence-corrected chi connectivity index (χ3v) is 1.58. The van der Waals surface area contributed by atoms with E-state index in [2.05, 4.69) is 14.7 Å². The Balaban J connectivity index is 2.72. The maximum atomic E-state index is 11.0. The van der Waals surface area contributed by atoms with Gasteiger partial charge in [0, 0.05) is 24.4 Å². The van der Waals surface area contributed by atoms with Crippen LogP contribution in [0.1, 0.15) is 22.6 Å². The van der Waals surface area contributed by atoms with Crippen molar-refractivity contribution in [3.8, 4) is 0 Å². The monoisotopic (exact) mass is 206 g/mol. The highest BCUT2D eigenvalue weighted by molar-refractivity contribution is 5.84. The van der Waals surface area contributed by atoms with E-state index in [1.165, 1.54) is 19.5 Å². The molecule has 0 unspecified atom stereocenters. The average molecular weight is 206 g/mol. The molecule has 0 aromatic carbocycles. The van der Waals surface area contributed by atoms with Gasteiger partial charge in [0.2, 0.25) is 5.82 Å². The Morgan fingerprint density at radius 3 is 2.67 bits per heavy atom. The van der Waals surface area contributed by atoms with Crippen molar-refractivity contribution in [3.05, 3.63) is 29.9 Å². The zero-order chi connectivity index (χ0) is 11.1. The van der Waals surface area contributed by atoms with Crippen molar-refractivity contribution in [2.24, 2.45) is 0 Å². The summed E-state index contributed by atoms with van der Waals surface area (Å²) in [6.45, 7) is 0. The van der Waals surface area contributed by atoms with E-state index in [-0.39, 0.29) is 5.82 Å². The highest BCUT2D eigenvalue weighted by Gasteiger charge is 2.06. The first-order chi connectivity index (χ1) is 7.27. The first-order valence-electron chi connectivity index (χ1n) is 4.28. The number of ether oxygens (including phenoxy) is 1. The maximum absolute atomic E-state index is 11.0. The van der Waals surface area contributed by atoms with Gasteiger partial charge in [0.25, 0.3) is 0 Å². The van der Waals surface area contributed by atoms with Crippen LogP contribution in [0.5, 0.6) is 0 Å². The van der Waals surface area contributed by atoms with Crippen LogP contribution in [0.4, 0.5) is 0 Å². The van der Waals surface area contributed by atoms with E-state index in [0.717, 1.165) is 11.8 Å². The summed E-state index contributed by atoms with van der Waals surface area (Å²) < 4.78 is 4.45. The second-order valence-corrected chi connectivity index (χ2v) is 2.64. The van der Waals surface area contributed by atoms with E-state index in [9.17, 15) is 9.59 Å². The largest absolute Gasteiger partial charge is 0.463 e. The molecule has 0 aliphatic rings. The molecule has 78 valence electrons. The molecule has 0 fully saturated rings. The maximum Gasteiger partial charge on any atom is 0.376 e. The van der Waals surface area contributed by atoms with E-state index < -0.39 is 5.97 Å². The summed E-state index contributed by atoms with van der Waals surface area (Å²) in [5, 5.41) is 0. The van der Waals surface area contributed by atoms with E-state index in [1.807, 2.05) is 0 Å². The lowest BCUT2D eigenvalue weighted by molar-refractivity contribution is -0.107. The number of esters is 1. The lowest BCUT2D eigenvalue weighted by atomic mass is 10.3. The summed E-state index contributed by atoms with van der Waals surface area (Å²) in [5.41, 5.74) is 0.726. The standard InChI is InChI=1S/C10H10N2O3/c1-15-10(14)9-11-6-8(7-12-9)4-2-3-5-13/h2,4-7H,3H2,1H3. The molecule has 0 atom stereocenters. The van der Waals surface area contributed by atoms with Crippen molar-refractivity contribution in [2.75, 3.05) is 7.11 Å². The van der Waals surface area contributed by atoms with Crippen molar-refractivity contribution >= 4 is 18.3 Å². The molecule has 1 heterocycles. The molecule has 0 aliphatic heterocycles. The van der Waals surface area contributed by atoms with Gasteiger partial charge >= 0.3 is 5.97 Å². The Bertz CT molecular complexity index is 371. The molecular formula is C10H10N2O3. The van der Waals surface area contributed by atoms with Crippen LogP contribution in [0.25, 0.3) is 6.08 Å². The van der Waals surface area contributed by atoms with Crippen molar-refractivity contribution in [2.45, 2.75) is 6.42 Å². The van der Waals surface area contributed by atoms with Gasteiger partial charge in [-0.1, -0.05) is 12.2 Å². The van der Waals surface area contributed by atoms with Crippen LogP contribution >= 0.6 is 0 Å². The molecular weight excluding hydrogens is 196 g/mol. The quantitative estimate of drug-likeness (QED) is 0.540. The molecule has 0 bridgehead atoms. The van der Waals surface area contributed by atoms with Gasteiger partial charge in [-0.15, -0.1) is 0 Å². The molecule has 0 aliphatic carbocycles. The second kappa shape index (κ2) is 5.64. The number of methoxy groups -OCH3 is 1. The predicted molar refractivity (Wildman–Crippen MR) is 53.1 cm³/mol. The van der Waals surface area contributed by atoms with Gasteiger partial charge in [0.15, 0.2) is 0 Å². The van der Waals surface area contributed by atoms with Crippen LogP contribution in [0, 0.1) is 0 Å². The molecule has 0 amide bonds. The molecule has 5 nitrogen and oxygen atoms in total. The number of rotatable bonds is 4. The van der Waals surface area contributed by atoms with Gasteiger partial charge in [-0.05, 0) is 0 Å². The Labute approximate surface area is 86.8 Å². The molecule has 1 aromatic rings. The summed E-state index contributed by atoms with van der Waals surface area (Å²) >= 11 is 0. The Hall–Kier alpha value is -2.04. The fourth-order valence-electron chi connectivity index (χ4n) is 0.880. The van der Waals surface area contributed by atoms with E-state index in [0.29, 0.717) is 6.42 Å². The molecule has 0 spiro atoms. The number of hydrogen-bond acceptors (Lipinski definition) is 5. The van der Waals surface area contributed by atoms with Gasteiger partial charge < -0.3 is 9.53 Å². The lowest BCUT2D eigenvalue weighted by Gasteiger charge is -1.96. The Kier molecular flexibility index (Phi) is 4.15. The smallest absolute Gasteiger partial charge is 0.376 e. The predicted octanol–water partition coefficient (Wildman–Crippen LogP) is 0.865. The van der Waals surface area contributed by atoms with E-state index in [4.69, 9.17) is 0 Å². The first kappa shape index (κ1) is 11.0. The van der Waals surface area contributed by atoms with Crippen LogP contribution in [0.15, 0.2) is 18.5 Å². The zero-order valence-corrected chi connectivity index (χ0v) is 8.21. The first-order valence-corrected chi connectivity index (χ1v) is 4.28. The van der Waals surface area contributed by atoms with Gasteiger partial charge in [-0.2, -0.15) is 0 Å². The van der Waals surface area contributed by atoms with Crippen LogP contribution in [0.2, 0.25) is 0 Å². The minimum Gasteiger partial charge on any atom is -0.463 e. The fraction of sp³-hybridized carbons (Fsp3) is 0.200. The van der Waals surface area contributed by atoms with Gasteiger partial charge in [0.1, 0.15) is 6.29 Å². The normalized spacial score (nSPS) is 10.2. The van der Waals surface area contributed by atoms with E-state index in [1.54, 1.807) is 12.2 Å². The zero-order valence-electron chi connectivity index (χ0n) is 8.21. The highest BCUT2D eigenvalue weighted by atomic mass is 16.5. The molecule has 1 aromatic heterocycles. The van der Waals surface area contributed by atoms with E-state index >= 15 is 0 Å². The van der Waals surface area contributed by atoms with Crippen molar-refractivity contribution in [1.82, 2.24) is 9.97 Å². The van der Waals surface area contributed by atoms with Gasteiger partial charge in [-0.3, -0.25) is 0 Å². The topological polar surface area (TPSA) is 69.2 Å². The second-order valence-electron chi connectivity index (χ2n) is 2.64. The average Bonchev–Trinajstić information content (AvgIpc) is 2.29. The van der Waals surface area contributed by atoms with Crippen LogP contribution in [-0.4, -0.2) is 29.3 Å². The third-order valence-electron chi connectivity index (χ3n) is 1.58. The lowest BCUT2D eigenvalue weighted by Crippen LogP contribution is -2.06. The number of carbonyl (C=O) groups excluding carboxylic acids is 2. The minimum absolute atomic E-state index is 0.0186.